The maximum atomic E-state index is 10.8. The fourth-order valence-electron chi connectivity index (χ4n) is 3.76. The van der Waals surface area contributed by atoms with Crippen LogP contribution in [0.3, 0.4) is 0 Å². The summed E-state index contributed by atoms with van der Waals surface area (Å²) in [5, 5.41) is 14.0. The van der Waals surface area contributed by atoms with Gasteiger partial charge in [-0.3, -0.25) is 0 Å². The molecule has 21 heavy (non-hydrogen) atoms. The van der Waals surface area contributed by atoms with Crippen LogP contribution in [-0.2, 0) is 0 Å². The summed E-state index contributed by atoms with van der Waals surface area (Å²) < 4.78 is 0. The first-order valence-corrected chi connectivity index (χ1v) is 8.17. The maximum absolute atomic E-state index is 10.8. The standard InChI is InChI=1S/C16H26N4O/c1-3-17-14-10-15(19-12(2)18-14)20-9-8-16(21)7-5-4-6-13(16)11-20/h10,13,21H,3-9,11H2,1-2H3,(H,17,18,19). The molecular formula is C16H26N4O. The monoisotopic (exact) mass is 290 g/mol. The Hall–Kier alpha value is -1.36. The van der Waals surface area contributed by atoms with Crippen LogP contribution in [-0.4, -0.2) is 40.3 Å². The number of anilines is 2. The SMILES string of the molecule is CCNc1cc(N2CCC3(O)CCCCC3C2)nc(C)n1. The molecule has 1 saturated heterocycles. The number of hydrogen-bond donors (Lipinski definition) is 2. The van der Waals surface area contributed by atoms with Gasteiger partial charge in [-0.2, -0.15) is 0 Å². The molecule has 3 rings (SSSR count). The van der Waals surface area contributed by atoms with E-state index in [1.54, 1.807) is 0 Å². The van der Waals surface area contributed by atoms with Crippen molar-refractivity contribution in [2.75, 3.05) is 29.9 Å². The molecule has 1 aliphatic heterocycles. The molecule has 0 aromatic carbocycles. The second kappa shape index (κ2) is 5.79. The molecule has 1 saturated carbocycles. The quantitative estimate of drug-likeness (QED) is 0.895. The lowest BCUT2D eigenvalue weighted by Gasteiger charge is -2.47. The van der Waals surface area contributed by atoms with Crippen LogP contribution in [0.25, 0.3) is 0 Å². The zero-order valence-electron chi connectivity index (χ0n) is 13.1. The van der Waals surface area contributed by atoms with Gasteiger partial charge in [-0.15, -0.1) is 0 Å². The van der Waals surface area contributed by atoms with E-state index in [4.69, 9.17) is 0 Å². The third kappa shape index (κ3) is 2.98. The summed E-state index contributed by atoms with van der Waals surface area (Å²) in [4.78, 5) is 11.3. The summed E-state index contributed by atoms with van der Waals surface area (Å²) in [5.74, 6) is 3.07. The van der Waals surface area contributed by atoms with E-state index in [-0.39, 0.29) is 0 Å². The summed E-state index contributed by atoms with van der Waals surface area (Å²) in [6, 6.07) is 2.03. The molecule has 0 spiro atoms. The Bertz CT molecular complexity index is 507. The van der Waals surface area contributed by atoms with Crippen LogP contribution in [0.2, 0.25) is 0 Å². The second-order valence-corrected chi connectivity index (χ2v) is 6.43. The van der Waals surface area contributed by atoms with E-state index in [2.05, 4.69) is 27.1 Å². The molecule has 116 valence electrons. The average Bonchev–Trinajstić information content (AvgIpc) is 2.46. The molecule has 2 unspecified atom stereocenters. The zero-order valence-corrected chi connectivity index (χ0v) is 13.1. The topological polar surface area (TPSA) is 61.3 Å². The van der Waals surface area contributed by atoms with Crippen LogP contribution in [0.4, 0.5) is 11.6 Å². The predicted molar refractivity (Wildman–Crippen MR) is 84.7 cm³/mol. The Morgan fingerprint density at radius 3 is 3.05 bits per heavy atom. The number of aliphatic hydroxyl groups is 1. The van der Waals surface area contributed by atoms with Gasteiger partial charge in [0.2, 0.25) is 0 Å². The van der Waals surface area contributed by atoms with E-state index in [1.165, 1.54) is 12.8 Å². The number of hydrogen-bond acceptors (Lipinski definition) is 5. The van der Waals surface area contributed by atoms with Crippen LogP contribution in [0.5, 0.6) is 0 Å². The minimum Gasteiger partial charge on any atom is -0.389 e. The largest absolute Gasteiger partial charge is 0.389 e. The molecule has 0 radical (unpaired) electrons. The van der Waals surface area contributed by atoms with Crippen molar-refractivity contribution in [2.45, 2.75) is 51.6 Å². The van der Waals surface area contributed by atoms with Gasteiger partial charge in [0.15, 0.2) is 0 Å². The third-order valence-corrected chi connectivity index (χ3v) is 4.93. The first-order chi connectivity index (χ1) is 10.1. The van der Waals surface area contributed by atoms with Crippen molar-refractivity contribution in [2.24, 2.45) is 5.92 Å². The minimum absolute atomic E-state index is 0.387. The van der Waals surface area contributed by atoms with Crippen molar-refractivity contribution in [1.82, 2.24) is 9.97 Å². The lowest BCUT2D eigenvalue weighted by atomic mass is 9.71. The Labute approximate surface area is 126 Å². The first-order valence-electron chi connectivity index (χ1n) is 8.17. The normalized spacial score (nSPS) is 29.1. The van der Waals surface area contributed by atoms with Gasteiger partial charge in [0.25, 0.3) is 0 Å². The van der Waals surface area contributed by atoms with Crippen molar-refractivity contribution in [1.29, 1.82) is 0 Å². The molecular weight excluding hydrogens is 264 g/mol. The second-order valence-electron chi connectivity index (χ2n) is 6.43. The van der Waals surface area contributed by atoms with Crippen LogP contribution in [0, 0.1) is 12.8 Å². The molecule has 2 heterocycles. The predicted octanol–water partition coefficient (Wildman–Crippen LogP) is 2.35. The van der Waals surface area contributed by atoms with Crippen LogP contribution >= 0.6 is 0 Å². The van der Waals surface area contributed by atoms with Gasteiger partial charge in [0, 0.05) is 31.6 Å². The van der Waals surface area contributed by atoms with Gasteiger partial charge in [-0.05, 0) is 33.1 Å². The molecule has 2 atom stereocenters. The summed E-state index contributed by atoms with van der Waals surface area (Å²) in [6.07, 6.45) is 5.38. The van der Waals surface area contributed by atoms with Crippen LogP contribution in [0.1, 0.15) is 44.9 Å². The zero-order chi connectivity index (χ0) is 14.9. The average molecular weight is 290 g/mol. The van der Waals surface area contributed by atoms with Crippen molar-refractivity contribution in [3.8, 4) is 0 Å². The molecule has 1 aromatic rings. The van der Waals surface area contributed by atoms with Crippen LogP contribution < -0.4 is 10.2 Å². The maximum Gasteiger partial charge on any atom is 0.134 e. The number of aromatic nitrogens is 2. The smallest absolute Gasteiger partial charge is 0.134 e. The van der Waals surface area contributed by atoms with Crippen molar-refractivity contribution in [3.63, 3.8) is 0 Å². The first kappa shape index (κ1) is 14.6. The van der Waals surface area contributed by atoms with Gasteiger partial charge < -0.3 is 15.3 Å². The molecule has 2 aliphatic rings. The van der Waals surface area contributed by atoms with E-state index in [9.17, 15) is 5.11 Å². The van der Waals surface area contributed by atoms with Gasteiger partial charge in [-0.1, -0.05) is 12.8 Å². The van der Waals surface area contributed by atoms with E-state index in [0.29, 0.717) is 5.92 Å². The number of piperidine rings is 1. The summed E-state index contributed by atoms with van der Waals surface area (Å²) >= 11 is 0. The molecule has 5 nitrogen and oxygen atoms in total. The summed E-state index contributed by atoms with van der Waals surface area (Å²) in [6.45, 7) is 6.66. The van der Waals surface area contributed by atoms with E-state index >= 15 is 0 Å². The lowest BCUT2D eigenvalue weighted by molar-refractivity contribution is -0.0613. The van der Waals surface area contributed by atoms with Gasteiger partial charge in [0.05, 0.1) is 5.60 Å². The summed E-state index contributed by atoms with van der Waals surface area (Å²) in [5.41, 5.74) is -0.429. The summed E-state index contributed by atoms with van der Waals surface area (Å²) in [7, 11) is 0. The molecule has 0 amide bonds. The highest BCUT2D eigenvalue weighted by atomic mass is 16.3. The van der Waals surface area contributed by atoms with E-state index in [0.717, 1.165) is 56.4 Å². The highest BCUT2D eigenvalue weighted by Gasteiger charge is 2.43. The van der Waals surface area contributed by atoms with Gasteiger partial charge in [0.1, 0.15) is 17.5 Å². The number of rotatable bonds is 3. The Balaban J connectivity index is 1.78. The molecule has 2 N–H and O–H groups in total. The molecule has 0 bridgehead atoms. The fourth-order valence-corrected chi connectivity index (χ4v) is 3.76. The van der Waals surface area contributed by atoms with Crippen LogP contribution in [0.15, 0.2) is 6.07 Å². The van der Waals surface area contributed by atoms with Gasteiger partial charge >= 0.3 is 0 Å². The Morgan fingerprint density at radius 1 is 1.38 bits per heavy atom. The number of nitrogens with one attached hydrogen (secondary N) is 1. The molecule has 5 heteroatoms. The fraction of sp³-hybridized carbons (Fsp3) is 0.750. The highest BCUT2D eigenvalue weighted by Crippen LogP contribution is 2.40. The lowest BCUT2D eigenvalue weighted by Crippen LogP contribution is -2.53. The van der Waals surface area contributed by atoms with Crippen molar-refractivity contribution < 1.29 is 5.11 Å². The van der Waals surface area contributed by atoms with Crippen molar-refractivity contribution in [3.05, 3.63) is 11.9 Å². The molecule has 1 aliphatic carbocycles. The number of fused-ring (bicyclic) bond motifs is 1. The minimum atomic E-state index is -0.429. The number of aryl methyl sites for hydroxylation is 1. The molecule has 2 fully saturated rings. The highest BCUT2D eigenvalue weighted by molar-refractivity contribution is 5.50. The van der Waals surface area contributed by atoms with E-state index in [1.807, 2.05) is 13.0 Å². The van der Waals surface area contributed by atoms with E-state index < -0.39 is 5.60 Å². The Morgan fingerprint density at radius 2 is 2.24 bits per heavy atom. The Kier molecular flexibility index (Phi) is 4.02. The molecule has 1 aromatic heterocycles. The van der Waals surface area contributed by atoms with Gasteiger partial charge in [-0.25, -0.2) is 9.97 Å². The third-order valence-electron chi connectivity index (χ3n) is 4.93. The van der Waals surface area contributed by atoms with Crippen molar-refractivity contribution >= 4 is 11.6 Å². The number of nitrogens with zero attached hydrogens (tertiary/aromatic N) is 3.